The van der Waals surface area contributed by atoms with Crippen LogP contribution in [0.2, 0.25) is 0 Å². The van der Waals surface area contributed by atoms with E-state index in [1.165, 1.54) is 18.0 Å². The van der Waals surface area contributed by atoms with E-state index in [-0.39, 0.29) is 35.9 Å². The SMILES string of the molecule is COc1ccc(C2CC(c3cccs3)=NN2C(=O)CSc2nnc(CNC(=O)c3ccco3)n2-c2ccccc2)cc1. The van der Waals surface area contributed by atoms with Crippen LogP contribution >= 0.6 is 23.1 Å². The van der Waals surface area contributed by atoms with E-state index >= 15 is 0 Å². The first-order valence-electron chi connectivity index (χ1n) is 13.1. The van der Waals surface area contributed by atoms with Crippen LogP contribution < -0.4 is 10.1 Å². The van der Waals surface area contributed by atoms with Crippen molar-refractivity contribution in [2.45, 2.75) is 24.2 Å². The number of carbonyl (C=O) groups is 2. The second kappa shape index (κ2) is 12.5. The van der Waals surface area contributed by atoms with Crippen LogP contribution in [0.5, 0.6) is 5.75 Å². The van der Waals surface area contributed by atoms with Crippen LogP contribution in [0.1, 0.15) is 39.3 Å². The van der Waals surface area contributed by atoms with Gasteiger partial charge in [-0.25, -0.2) is 5.01 Å². The van der Waals surface area contributed by atoms with Crippen molar-refractivity contribution in [1.82, 2.24) is 25.1 Å². The number of rotatable bonds is 10. The Bertz CT molecular complexity index is 1680. The molecule has 2 aromatic carbocycles. The van der Waals surface area contributed by atoms with Crippen molar-refractivity contribution in [2.75, 3.05) is 12.9 Å². The maximum atomic E-state index is 13.7. The van der Waals surface area contributed by atoms with Crippen molar-refractivity contribution in [1.29, 1.82) is 0 Å². The standard InChI is InChI=1S/C30H26N6O4S2/c1-39-22-13-11-20(12-14-22)24-17-23(26-10-6-16-41-26)34-36(24)28(37)19-42-30-33-32-27(35(30)21-7-3-2-4-8-21)18-31-29(38)25-9-5-15-40-25/h2-16,24H,17-19H2,1H3,(H,31,38). The lowest BCUT2D eigenvalue weighted by Gasteiger charge is -2.22. The minimum absolute atomic E-state index is 0.0948. The molecule has 0 fully saturated rings. The molecule has 3 aromatic heterocycles. The number of methoxy groups -OCH3 is 1. The molecule has 1 atom stereocenters. The van der Waals surface area contributed by atoms with Gasteiger partial charge in [-0.1, -0.05) is 48.2 Å². The van der Waals surface area contributed by atoms with Crippen LogP contribution in [-0.2, 0) is 11.3 Å². The number of amides is 2. The van der Waals surface area contributed by atoms with E-state index in [0.717, 1.165) is 27.6 Å². The molecule has 2 amide bonds. The molecule has 6 rings (SSSR count). The predicted octanol–water partition coefficient (Wildman–Crippen LogP) is 5.33. The van der Waals surface area contributed by atoms with E-state index in [1.54, 1.807) is 35.6 Å². The molecule has 42 heavy (non-hydrogen) atoms. The molecule has 0 saturated heterocycles. The summed E-state index contributed by atoms with van der Waals surface area (Å²) in [6.07, 6.45) is 2.06. The number of para-hydroxylation sites is 1. The number of hydrogen-bond acceptors (Lipinski definition) is 9. The molecular formula is C30H26N6O4S2. The number of hydrogen-bond donors (Lipinski definition) is 1. The number of hydrazone groups is 1. The van der Waals surface area contributed by atoms with Gasteiger partial charge in [0, 0.05) is 12.1 Å². The molecule has 1 unspecified atom stereocenters. The topological polar surface area (TPSA) is 115 Å². The zero-order valence-electron chi connectivity index (χ0n) is 22.5. The maximum absolute atomic E-state index is 13.7. The van der Waals surface area contributed by atoms with Crippen LogP contribution in [0.4, 0.5) is 0 Å². The molecule has 0 bridgehead atoms. The third-order valence-electron chi connectivity index (χ3n) is 6.66. The van der Waals surface area contributed by atoms with Gasteiger partial charge in [-0.2, -0.15) is 5.10 Å². The summed E-state index contributed by atoms with van der Waals surface area (Å²) in [7, 11) is 1.63. The fraction of sp³-hybridized carbons (Fsp3) is 0.167. The minimum atomic E-state index is -0.356. The molecule has 1 aliphatic rings. The molecule has 0 aliphatic carbocycles. The molecule has 0 saturated carbocycles. The Balaban J connectivity index is 1.22. The summed E-state index contributed by atoms with van der Waals surface area (Å²) in [6.45, 7) is 0.121. The second-order valence-electron chi connectivity index (χ2n) is 9.27. The van der Waals surface area contributed by atoms with Crippen molar-refractivity contribution < 1.29 is 18.7 Å². The Morgan fingerprint density at radius 1 is 1.05 bits per heavy atom. The van der Waals surface area contributed by atoms with Crippen LogP contribution in [0.3, 0.4) is 0 Å². The summed E-state index contributed by atoms with van der Waals surface area (Å²) in [5, 5.41) is 20.4. The molecule has 212 valence electrons. The predicted molar refractivity (Wildman–Crippen MR) is 160 cm³/mol. The molecular weight excluding hydrogens is 573 g/mol. The Kier molecular flexibility index (Phi) is 8.15. The van der Waals surface area contributed by atoms with Gasteiger partial charge in [0.2, 0.25) is 0 Å². The van der Waals surface area contributed by atoms with Crippen molar-refractivity contribution in [2.24, 2.45) is 5.10 Å². The second-order valence-corrected chi connectivity index (χ2v) is 11.2. The summed E-state index contributed by atoms with van der Waals surface area (Å²) in [5.41, 5.74) is 2.67. The molecule has 5 aromatic rings. The van der Waals surface area contributed by atoms with Gasteiger partial charge in [-0.05, 0) is 53.4 Å². The van der Waals surface area contributed by atoms with Gasteiger partial charge in [-0.3, -0.25) is 14.2 Å². The monoisotopic (exact) mass is 598 g/mol. The molecule has 0 radical (unpaired) electrons. The smallest absolute Gasteiger partial charge is 0.287 e. The lowest BCUT2D eigenvalue weighted by molar-refractivity contribution is -0.130. The summed E-state index contributed by atoms with van der Waals surface area (Å²) in [4.78, 5) is 27.2. The highest BCUT2D eigenvalue weighted by molar-refractivity contribution is 7.99. The number of benzene rings is 2. The average molecular weight is 599 g/mol. The van der Waals surface area contributed by atoms with E-state index < -0.39 is 0 Å². The fourth-order valence-electron chi connectivity index (χ4n) is 4.61. The van der Waals surface area contributed by atoms with Gasteiger partial charge in [0.15, 0.2) is 16.7 Å². The van der Waals surface area contributed by atoms with Crippen molar-refractivity contribution in [3.05, 3.63) is 113 Å². The van der Waals surface area contributed by atoms with E-state index in [1.807, 2.05) is 76.7 Å². The first-order valence-corrected chi connectivity index (χ1v) is 15.0. The van der Waals surface area contributed by atoms with Crippen LogP contribution in [0, 0.1) is 0 Å². The van der Waals surface area contributed by atoms with Gasteiger partial charge in [0.05, 0.1) is 42.3 Å². The lowest BCUT2D eigenvalue weighted by atomic mass is 10.0. The highest BCUT2D eigenvalue weighted by Gasteiger charge is 2.33. The van der Waals surface area contributed by atoms with E-state index in [2.05, 4.69) is 15.5 Å². The maximum Gasteiger partial charge on any atom is 0.287 e. The number of carbonyl (C=O) groups excluding carboxylic acids is 2. The van der Waals surface area contributed by atoms with Crippen LogP contribution in [-0.4, -0.2) is 50.2 Å². The Morgan fingerprint density at radius 3 is 2.60 bits per heavy atom. The first-order chi connectivity index (χ1) is 20.6. The number of aromatic nitrogens is 3. The van der Waals surface area contributed by atoms with Crippen molar-refractivity contribution >= 4 is 40.6 Å². The Labute approximate surface area is 250 Å². The number of thioether (sulfide) groups is 1. The summed E-state index contributed by atoms with van der Waals surface area (Å²) < 4.78 is 12.3. The third-order valence-corrected chi connectivity index (χ3v) is 8.50. The molecule has 12 heteroatoms. The zero-order valence-corrected chi connectivity index (χ0v) is 24.2. The van der Waals surface area contributed by atoms with Crippen LogP contribution in [0.25, 0.3) is 5.69 Å². The van der Waals surface area contributed by atoms with E-state index in [9.17, 15) is 9.59 Å². The molecule has 1 N–H and O–H groups in total. The molecule has 1 aliphatic heterocycles. The lowest BCUT2D eigenvalue weighted by Crippen LogP contribution is -2.28. The number of furan rings is 1. The molecule has 0 spiro atoms. The van der Waals surface area contributed by atoms with Gasteiger partial charge in [0.1, 0.15) is 5.75 Å². The van der Waals surface area contributed by atoms with Crippen molar-refractivity contribution in [3.8, 4) is 11.4 Å². The van der Waals surface area contributed by atoms with Crippen molar-refractivity contribution in [3.63, 3.8) is 0 Å². The molecule has 10 nitrogen and oxygen atoms in total. The van der Waals surface area contributed by atoms with Gasteiger partial charge < -0.3 is 14.5 Å². The number of ether oxygens (including phenoxy) is 1. The average Bonchev–Trinajstić information content (AvgIpc) is 3.86. The minimum Gasteiger partial charge on any atom is -0.497 e. The first kappa shape index (κ1) is 27.5. The highest BCUT2D eigenvalue weighted by Crippen LogP contribution is 2.35. The summed E-state index contributed by atoms with van der Waals surface area (Å²) >= 11 is 2.88. The number of nitrogens with one attached hydrogen (secondary N) is 1. The third kappa shape index (κ3) is 5.85. The Morgan fingerprint density at radius 2 is 1.88 bits per heavy atom. The van der Waals surface area contributed by atoms with Crippen LogP contribution in [0.15, 0.2) is 105 Å². The van der Waals surface area contributed by atoms with E-state index in [0.29, 0.717) is 17.4 Å². The van der Waals surface area contributed by atoms with Gasteiger partial charge in [-0.15, -0.1) is 21.5 Å². The zero-order chi connectivity index (χ0) is 28.9. The largest absolute Gasteiger partial charge is 0.497 e. The fourth-order valence-corrected chi connectivity index (χ4v) is 6.15. The Hall–Kier alpha value is -4.68. The van der Waals surface area contributed by atoms with Gasteiger partial charge >= 0.3 is 0 Å². The molecule has 4 heterocycles. The highest BCUT2D eigenvalue weighted by atomic mass is 32.2. The van der Waals surface area contributed by atoms with Gasteiger partial charge in [0.25, 0.3) is 11.8 Å². The number of thiophene rings is 1. The summed E-state index contributed by atoms with van der Waals surface area (Å²) in [5.74, 6) is 1.07. The quantitative estimate of drug-likeness (QED) is 0.216. The summed E-state index contributed by atoms with van der Waals surface area (Å²) in [6, 6.07) is 24.3. The van der Waals surface area contributed by atoms with E-state index in [4.69, 9.17) is 14.3 Å². The number of nitrogens with zero attached hydrogens (tertiary/aromatic N) is 5. The normalized spacial score (nSPS) is 14.5.